The molecular weight excluding hydrogens is 163 g/mol. The lowest BCUT2D eigenvalue weighted by Gasteiger charge is -2.35. The molecular formula is C10H21BO2. The third-order valence-electron chi connectivity index (χ3n) is 2.71. The van der Waals surface area contributed by atoms with E-state index in [1.54, 1.807) is 0 Å². The highest BCUT2D eigenvalue weighted by Gasteiger charge is 2.36. The summed E-state index contributed by atoms with van der Waals surface area (Å²) in [5, 5.41) is 0. The van der Waals surface area contributed by atoms with E-state index in [-0.39, 0.29) is 12.5 Å². The van der Waals surface area contributed by atoms with E-state index in [4.69, 9.17) is 9.31 Å². The van der Waals surface area contributed by atoms with E-state index in [0.717, 1.165) is 26.1 Å². The molecule has 0 atom stereocenters. The van der Waals surface area contributed by atoms with Crippen molar-refractivity contribution < 1.29 is 9.31 Å². The Hall–Kier alpha value is -0.0151. The highest BCUT2D eigenvalue weighted by atomic mass is 16.6. The maximum Gasteiger partial charge on any atom is 0.460 e. The fourth-order valence-corrected chi connectivity index (χ4v) is 1.65. The van der Waals surface area contributed by atoms with Gasteiger partial charge in [0, 0.05) is 18.6 Å². The van der Waals surface area contributed by atoms with Gasteiger partial charge < -0.3 is 9.31 Å². The Morgan fingerprint density at radius 3 is 2.00 bits per heavy atom. The molecule has 0 saturated carbocycles. The zero-order valence-electron chi connectivity index (χ0n) is 9.30. The van der Waals surface area contributed by atoms with Crippen LogP contribution in [-0.4, -0.2) is 20.3 Å². The highest BCUT2D eigenvalue weighted by Crippen LogP contribution is 2.29. The van der Waals surface area contributed by atoms with Gasteiger partial charge in [0.05, 0.1) is 0 Å². The Morgan fingerprint density at radius 2 is 1.62 bits per heavy atom. The normalized spacial score (nSPS) is 22.4. The summed E-state index contributed by atoms with van der Waals surface area (Å²) in [6, 6.07) is 0. The van der Waals surface area contributed by atoms with Gasteiger partial charge in [-0.05, 0) is 5.82 Å². The van der Waals surface area contributed by atoms with Gasteiger partial charge in [-0.25, -0.2) is 0 Å². The van der Waals surface area contributed by atoms with E-state index in [1.165, 1.54) is 0 Å². The lowest BCUT2D eigenvalue weighted by molar-refractivity contribution is 0.0235. The molecule has 0 radical (unpaired) electrons. The third-order valence-corrected chi connectivity index (χ3v) is 2.71. The van der Waals surface area contributed by atoms with Crippen LogP contribution in [0.25, 0.3) is 0 Å². The topological polar surface area (TPSA) is 18.5 Å². The summed E-state index contributed by atoms with van der Waals surface area (Å²) in [5.74, 6) is 0.566. The summed E-state index contributed by atoms with van der Waals surface area (Å²) >= 11 is 0. The van der Waals surface area contributed by atoms with Crippen molar-refractivity contribution in [2.45, 2.75) is 46.4 Å². The summed E-state index contributed by atoms with van der Waals surface area (Å²) in [5.41, 5.74) is 0.197. The number of hydrogen-bond acceptors (Lipinski definition) is 2. The number of hydrogen-bond donors (Lipinski definition) is 0. The van der Waals surface area contributed by atoms with Crippen molar-refractivity contribution in [3.8, 4) is 0 Å². The van der Waals surface area contributed by atoms with Gasteiger partial charge in [0.25, 0.3) is 0 Å². The van der Waals surface area contributed by atoms with E-state index >= 15 is 0 Å². The summed E-state index contributed by atoms with van der Waals surface area (Å²) in [4.78, 5) is 0. The Kier molecular flexibility index (Phi) is 3.80. The first kappa shape index (κ1) is 11.1. The summed E-state index contributed by atoms with van der Waals surface area (Å²) in [6.07, 6.45) is 2.28. The van der Waals surface area contributed by atoms with Crippen LogP contribution in [0.15, 0.2) is 0 Å². The minimum absolute atomic E-state index is 0.0445. The predicted molar refractivity (Wildman–Crippen MR) is 55.8 cm³/mol. The minimum Gasteiger partial charge on any atom is -0.410 e. The van der Waals surface area contributed by atoms with Crippen LogP contribution in [0.4, 0.5) is 0 Å². The smallest absolute Gasteiger partial charge is 0.410 e. The van der Waals surface area contributed by atoms with Crippen LogP contribution in [-0.2, 0) is 9.31 Å². The van der Waals surface area contributed by atoms with Crippen molar-refractivity contribution >= 4 is 7.12 Å². The Balaban J connectivity index is 2.39. The molecule has 76 valence electrons. The fraction of sp³-hybridized carbons (Fsp3) is 1.00. The first-order chi connectivity index (χ1) is 6.09. The molecule has 1 aliphatic heterocycles. The lowest BCUT2D eigenvalue weighted by atomic mass is 9.67. The van der Waals surface area contributed by atoms with E-state index in [2.05, 4.69) is 27.7 Å². The van der Waals surface area contributed by atoms with Gasteiger partial charge >= 0.3 is 7.12 Å². The van der Waals surface area contributed by atoms with Crippen LogP contribution in [0.5, 0.6) is 0 Å². The second-order valence-corrected chi connectivity index (χ2v) is 4.73. The summed E-state index contributed by atoms with van der Waals surface area (Å²) in [6.45, 7) is 10.4. The van der Waals surface area contributed by atoms with Gasteiger partial charge in [0.15, 0.2) is 0 Å². The van der Waals surface area contributed by atoms with E-state index in [1.807, 2.05) is 0 Å². The first-order valence-corrected chi connectivity index (χ1v) is 5.32. The molecule has 0 N–H and O–H groups in total. The van der Waals surface area contributed by atoms with Crippen LogP contribution in [0.2, 0.25) is 5.82 Å². The molecule has 3 heteroatoms. The molecule has 2 nitrogen and oxygen atoms in total. The summed E-state index contributed by atoms with van der Waals surface area (Å²) in [7, 11) is 0.0445. The highest BCUT2D eigenvalue weighted by molar-refractivity contribution is 6.46. The minimum atomic E-state index is 0.0445. The van der Waals surface area contributed by atoms with Crippen LogP contribution in [0.3, 0.4) is 0 Å². The molecule has 0 aromatic rings. The third kappa shape index (κ3) is 2.99. The molecule has 1 rings (SSSR count). The Labute approximate surface area is 82.1 Å². The quantitative estimate of drug-likeness (QED) is 0.628. The van der Waals surface area contributed by atoms with Gasteiger partial charge in [-0.15, -0.1) is 0 Å². The molecule has 0 unspecified atom stereocenters. The molecule has 0 amide bonds. The average Bonchev–Trinajstić information content (AvgIpc) is 2.09. The van der Waals surface area contributed by atoms with Crippen LogP contribution in [0.1, 0.15) is 40.5 Å². The fourth-order valence-electron chi connectivity index (χ4n) is 1.65. The van der Waals surface area contributed by atoms with Crippen molar-refractivity contribution in [3.05, 3.63) is 0 Å². The molecule has 0 spiro atoms. The van der Waals surface area contributed by atoms with Crippen LogP contribution < -0.4 is 0 Å². The van der Waals surface area contributed by atoms with Crippen molar-refractivity contribution in [3.63, 3.8) is 0 Å². The molecule has 1 heterocycles. The summed E-state index contributed by atoms with van der Waals surface area (Å²) < 4.78 is 11.4. The SMILES string of the molecule is CCC(CC)B1OCC(C)(C)CO1. The van der Waals surface area contributed by atoms with E-state index in [9.17, 15) is 0 Å². The van der Waals surface area contributed by atoms with E-state index < -0.39 is 0 Å². The molecule has 0 aromatic heterocycles. The lowest BCUT2D eigenvalue weighted by Crippen LogP contribution is -2.42. The Bertz CT molecular complexity index is 145. The number of rotatable bonds is 3. The van der Waals surface area contributed by atoms with Gasteiger partial charge in [-0.3, -0.25) is 0 Å². The van der Waals surface area contributed by atoms with Gasteiger partial charge in [0.1, 0.15) is 0 Å². The molecule has 0 bridgehead atoms. The predicted octanol–water partition coefficient (Wildman–Crippen LogP) is 2.74. The molecule has 1 aliphatic rings. The maximum atomic E-state index is 5.71. The standard InChI is InChI=1S/C10H21BO2/c1-5-9(6-2)11-12-7-10(3,4)8-13-11/h9H,5-8H2,1-4H3. The molecule has 13 heavy (non-hydrogen) atoms. The first-order valence-electron chi connectivity index (χ1n) is 5.32. The van der Waals surface area contributed by atoms with Crippen molar-refractivity contribution in [2.75, 3.05) is 13.2 Å². The van der Waals surface area contributed by atoms with Gasteiger partial charge in [-0.2, -0.15) is 0 Å². The van der Waals surface area contributed by atoms with Crippen molar-refractivity contribution in [1.29, 1.82) is 0 Å². The molecule has 0 aromatic carbocycles. The molecule has 1 fully saturated rings. The van der Waals surface area contributed by atoms with Crippen molar-refractivity contribution in [2.24, 2.45) is 5.41 Å². The van der Waals surface area contributed by atoms with Gasteiger partial charge in [0.2, 0.25) is 0 Å². The van der Waals surface area contributed by atoms with E-state index in [0.29, 0.717) is 5.82 Å². The maximum absolute atomic E-state index is 5.71. The largest absolute Gasteiger partial charge is 0.460 e. The molecule has 1 saturated heterocycles. The van der Waals surface area contributed by atoms with Crippen LogP contribution >= 0.6 is 0 Å². The average molecular weight is 184 g/mol. The van der Waals surface area contributed by atoms with Crippen molar-refractivity contribution in [1.82, 2.24) is 0 Å². The zero-order valence-corrected chi connectivity index (χ0v) is 9.30. The second kappa shape index (κ2) is 4.47. The van der Waals surface area contributed by atoms with Crippen LogP contribution in [0, 0.1) is 5.41 Å². The monoisotopic (exact) mass is 184 g/mol. The molecule has 0 aliphatic carbocycles. The zero-order chi connectivity index (χ0) is 9.90. The Morgan fingerprint density at radius 1 is 1.15 bits per heavy atom. The second-order valence-electron chi connectivity index (χ2n) is 4.73. The van der Waals surface area contributed by atoms with Gasteiger partial charge in [-0.1, -0.05) is 40.5 Å².